The monoisotopic (exact) mass is 325 g/mol. The molecule has 0 amide bonds. The van der Waals surface area contributed by atoms with E-state index in [-0.39, 0.29) is 12.2 Å². The number of aromatic nitrogens is 2. The Morgan fingerprint density at radius 2 is 2.12 bits per heavy atom. The van der Waals surface area contributed by atoms with E-state index in [1.54, 1.807) is 24.4 Å². The zero-order valence-electron chi connectivity index (χ0n) is 13.1. The van der Waals surface area contributed by atoms with E-state index in [0.717, 1.165) is 16.6 Å². The van der Waals surface area contributed by atoms with E-state index in [1.165, 1.54) is 6.07 Å². The Labute approximate surface area is 139 Å². The van der Waals surface area contributed by atoms with Crippen LogP contribution in [-0.4, -0.2) is 34.3 Å². The predicted octanol–water partition coefficient (Wildman–Crippen LogP) is 1.45. The summed E-state index contributed by atoms with van der Waals surface area (Å²) in [5.41, 5.74) is 1.55. The molecule has 6 heteroatoms. The molecule has 3 rings (SSSR count). The lowest BCUT2D eigenvalue weighted by Gasteiger charge is -2.13. The highest BCUT2D eigenvalue weighted by atomic mass is 16.5. The lowest BCUT2D eigenvalue weighted by Crippen LogP contribution is -2.31. The topological polar surface area (TPSA) is 87.2 Å². The Bertz CT molecular complexity index is 849. The van der Waals surface area contributed by atoms with E-state index >= 15 is 0 Å². The summed E-state index contributed by atoms with van der Waals surface area (Å²) >= 11 is 0. The molecule has 0 spiro atoms. The maximum atomic E-state index is 11.3. The molecule has 0 aliphatic rings. The van der Waals surface area contributed by atoms with E-state index < -0.39 is 6.10 Å². The van der Waals surface area contributed by atoms with E-state index in [4.69, 9.17) is 4.74 Å². The molecule has 2 aromatic heterocycles. The number of aliphatic hydroxyl groups is 1. The number of ether oxygens (including phenoxy) is 1. The van der Waals surface area contributed by atoms with Crippen molar-refractivity contribution in [3.05, 3.63) is 70.8 Å². The lowest BCUT2D eigenvalue weighted by molar-refractivity contribution is 0.106. The Kier molecular flexibility index (Phi) is 5.20. The zero-order valence-corrected chi connectivity index (χ0v) is 13.1. The van der Waals surface area contributed by atoms with Gasteiger partial charge in [-0.05, 0) is 36.4 Å². The number of aromatic amines is 1. The molecule has 1 unspecified atom stereocenters. The second-order valence-corrected chi connectivity index (χ2v) is 5.49. The molecule has 24 heavy (non-hydrogen) atoms. The standard InChI is InChI=1S/C18H19N3O3/c22-15(11-19-10-14-3-1-2-8-20-14)12-24-16-5-6-17-13(9-16)4-7-18(23)21-17/h1-9,15,19,22H,10-12H2,(H,21,23). The van der Waals surface area contributed by atoms with Gasteiger partial charge in [0.05, 0.1) is 5.69 Å². The van der Waals surface area contributed by atoms with Crippen LogP contribution in [-0.2, 0) is 6.54 Å². The Morgan fingerprint density at radius 3 is 2.96 bits per heavy atom. The molecule has 3 N–H and O–H groups in total. The Balaban J connectivity index is 1.48. The molecule has 2 heterocycles. The number of pyridine rings is 2. The summed E-state index contributed by atoms with van der Waals surface area (Å²) in [4.78, 5) is 18.2. The van der Waals surface area contributed by atoms with Crippen LogP contribution in [0.5, 0.6) is 5.75 Å². The van der Waals surface area contributed by atoms with Crippen molar-refractivity contribution < 1.29 is 9.84 Å². The third-order valence-electron chi connectivity index (χ3n) is 3.55. The van der Waals surface area contributed by atoms with Gasteiger partial charge >= 0.3 is 0 Å². The maximum Gasteiger partial charge on any atom is 0.248 e. The fraction of sp³-hybridized carbons (Fsp3) is 0.222. The van der Waals surface area contributed by atoms with Gasteiger partial charge in [-0.2, -0.15) is 0 Å². The molecule has 0 bridgehead atoms. The highest BCUT2D eigenvalue weighted by Gasteiger charge is 2.06. The van der Waals surface area contributed by atoms with Crippen LogP contribution in [0.1, 0.15) is 5.69 Å². The van der Waals surface area contributed by atoms with Crippen molar-refractivity contribution in [1.82, 2.24) is 15.3 Å². The van der Waals surface area contributed by atoms with Gasteiger partial charge in [0, 0.05) is 36.3 Å². The molecule has 124 valence electrons. The van der Waals surface area contributed by atoms with Crippen LogP contribution >= 0.6 is 0 Å². The third-order valence-corrected chi connectivity index (χ3v) is 3.55. The predicted molar refractivity (Wildman–Crippen MR) is 92.0 cm³/mol. The van der Waals surface area contributed by atoms with Gasteiger partial charge < -0.3 is 20.1 Å². The summed E-state index contributed by atoms with van der Waals surface area (Å²) in [5.74, 6) is 0.651. The fourth-order valence-corrected chi connectivity index (χ4v) is 2.34. The molecule has 0 radical (unpaired) electrons. The second kappa shape index (κ2) is 7.72. The van der Waals surface area contributed by atoms with Crippen molar-refractivity contribution in [2.45, 2.75) is 12.6 Å². The van der Waals surface area contributed by atoms with Crippen LogP contribution in [0.4, 0.5) is 0 Å². The molecule has 0 aliphatic carbocycles. The molecule has 0 saturated heterocycles. The Morgan fingerprint density at radius 1 is 1.21 bits per heavy atom. The first kappa shape index (κ1) is 16.2. The van der Waals surface area contributed by atoms with Gasteiger partial charge in [0.1, 0.15) is 18.5 Å². The number of benzene rings is 1. The van der Waals surface area contributed by atoms with Gasteiger partial charge in [-0.25, -0.2) is 0 Å². The van der Waals surface area contributed by atoms with Crippen molar-refractivity contribution >= 4 is 10.9 Å². The molecule has 0 fully saturated rings. The highest BCUT2D eigenvalue weighted by Crippen LogP contribution is 2.18. The van der Waals surface area contributed by atoms with E-state index in [2.05, 4.69) is 15.3 Å². The lowest BCUT2D eigenvalue weighted by atomic mass is 10.2. The summed E-state index contributed by atoms with van der Waals surface area (Å²) < 4.78 is 5.61. The van der Waals surface area contributed by atoms with Gasteiger partial charge in [0.15, 0.2) is 0 Å². The van der Waals surface area contributed by atoms with Gasteiger partial charge in [0.2, 0.25) is 5.56 Å². The quantitative estimate of drug-likeness (QED) is 0.612. The summed E-state index contributed by atoms with van der Waals surface area (Å²) in [5, 5.41) is 14.0. The minimum Gasteiger partial charge on any atom is -0.491 e. The van der Waals surface area contributed by atoms with Gasteiger partial charge in [-0.1, -0.05) is 6.07 Å². The van der Waals surface area contributed by atoms with E-state index in [0.29, 0.717) is 18.8 Å². The molecule has 3 aromatic rings. The highest BCUT2D eigenvalue weighted by molar-refractivity contribution is 5.79. The van der Waals surface area contributed by atoms with Crippen molar-refractivity contribution in [3.8, 4) is 5.75 Å². The van der Waals surface area contributed by atoms with Gasteiger partial charge in [-0.3, -0.25) is 9.78 Å². The molecular weight excluding hydrogens is 306 g/mol. The molecule has 1 aromatic carbocycles. The molecule has 0 aliphatic heterocycles. The van der Waals surface area contributed by atoms with Crippen LogP contribution in [0, 0.1) is 0 Å². The summed E-state index contributed by atoms with van der Waals surface area (Å²) in [6.07, 6.45) is 1.11. The Hall–Kier alpha value is -2.70. The van der Waals surface area contributed by atoms with Crippen LogP contribution < -0.4 is 15.6 Å². The van der Waals surface area contributed by atoms with Crippen molar-refractivity contribution in [1.29, 1.82) is 0 Å². The number of fused-ring (bicyclic) bond motifs is 1. The number of rotatable bonds is 7. The first-order valence-electron chi connectivity index (χ1n) is 7.75. The maximum absolute atomic E-state index is 11.3. The molecular formula is C18H19N3O3. The van der Waals surface area contributed by atoms with Crippen molar-refractivity contribution in [2.75, 3.05) is 13.2 Å². The second-order valence-electron chi connectivity index (χ2n) is 5.49. The SMILES string of the molecule is O=c1ccc2cc(OCC(O)CNCc3ccccn3)ccc2[nH]1. The van der Waals surface area contributed by atoms with E-state index in [1.807, 2.05) is 24.3 Å². The minimum atomic E-state index is -0.625. The molecule has 0 saturated carbocycles. The first-order valence-corrected chi connectivity index (χ1v) is 7.75. The summed E-state index contributed by atoms with van der Waals surface area (Å²) in [7, 11) is 0. The number of hydrogen-bond acceptors (Lipinski definition) is 5. The first-order chi connectivity index (χ1) is 11.7. The van der Waals surface area contributed by atoms with Gasteiger partial charge in [0.25, 0.3) is 0 Å². The summed E-state index contributed by atoms with van der Waals surface area (Å²) in [6, 6.07) is 14.3. The number of aliphatic hydroxyl groups excluding tert-OH is 1. The van der Waals surface area contributed by atoms with Crippen LogP contribution in [0.2, 0.25) is 0 Å². The molecule has 1 atom stereocenters. The normalized spacial score (nSPS) is 12.2. The average molecular weight is 325 g/mol. The third kappa shape index (κ3) is 4.41. The smallest absolute Gasteiger partial charge is 0.248 e. The fourth-order valence-electron chi connectivity index (χ4n) is 2.34. The van der Waals surface area contributed by atoms with Crippen molar-refractivity contribution in [2.24, 2.45) is 0 Å². The summed E-state index contributed by atoms with van der Waals surface area (Å²) in [6.45, 7) is 1.20. The average Bonchev–Trinajstić information content (AvgIpc) is 2.61. The van der Waals surface area contributed by atoms with Crippen molar-refractivity contribution in [3.63, 3.8) is 0 Å². The number of H-pyrrole nitrogens is 1. The van der Waals surface area contributed by atoms with Gasteiger partial charge in [-0.15, -0.1) is 0 Å². The van der Waals surface area contributed by atoms with Crippen LogP contribution in [0.25, 0.3) is 10.9 Å². The zero-order chi connectivity index (χ0) is 16.8. The number of nitrogens with one attached hydrogen (secondary N) is 2. The van der Waals surface area contributed by atoms with Crippen LogP contribution in [0.3, 0.4) is 0 Å². The van der Waals surface area contributed by atoms with Crippen LogP contribution in [0.15, 0.2) is 59.5 Å². The largest absolute Gasteiger partial charge is 0.491 e. The number of hydrogen-bond donors (Lipinski definition) is 3. The molecule has 6 nitrogen and oxygen atoms in total. The van der Waals surface area contributed by atoms with E-state index in [9.17, 15) is 9.90 Å². The minimum absolute atomic E-state index is 0.134. The number of nitrogens with zero attached hydrogens (tertiary/aromatic N) is 1.